The fraction of sp³-hybridized carbons (Fsp3) is 0.467. The molecule has 20 heavy (non-hydrogen) atoms. The van der Waals surface area contributed by atoms with Crippen molar-refractivity contribution >= 4 is 23.1 Å². The first-order valence-corrected chi connectivity index (χ1v) is 7.81. The van der Waals surface area contributed by atoms with Crippen LogP contribution in [0.5, 0.6) is 0 Å². The summed E-state index contributed by atoms with van der Waals surface area (Å²) in [7, 11) is 0. The van der Waals surface area contributed by atoms with Crippen molar-refractivity contribution in [1.29, 1.82) is 0 Å². The molecule has 2 aromatic rings. The van der Waals surface area contributed by atoms with Crippen LogP contribution in [0.1, 0.15) is 28.2 Å². The number of carbonyl (C=O) groups is 1. The summed E-state index contributed by atoms with van der Waals surface area (Å²) in [6, 6.07) is 4.07. The van der Waals surface area contributed by atoms with Gasteiger partial charge >= 0.3 is 0 Å². The molecule has 5 heteroatoms. The van der Waals surface area contributed by atoms with Crippen LogP contribution in [0.4, 0.5) is 5.82 Å². The highest BCUT2D eigenvalue weighted by Crippen LogP contribution is 2.31. The summed E-state index contributed by atoms with van der Waals surface area (Å²) >= 11 is 1.67. The fourth-order valence-electron chi connectivity index (χ4n) is 2.24. The molecule has 1 aliphatic carbocycles. The summed E-state index contributed by atoms with van der Waals surface area (Å²) in [5.41, 5.74) is 1.03. The van der Waals surface area contributed by atoms with Crippen LogP contribution in [0.3, 0.4) is 0 Å². The Morgan fingerprint density at radius 3 is 2.90 bits per heavy atom. The molecule has 1 saturated carbocycles. The number of aromatic nitrogens is 2. The van der Waals surface area contributed by atoms with Gasteiger partial charge in [-0.2, -0.15) is 5.10 Å². The lowest BCUT2D eigenvalue weighted by molar-refractivity contribution is -0.115. The number of nitrogens with zero attached hydrogens (tertiary/aromatic N) is 2. The highest BCUT2D eigenvalue weighted by Gasteiger charge is 2.24. The number of thiophene rings is 1. The van der Waals surface area contributed by atoms with Gasteiger partial charge < -0.3 is 5.32 Å². The topological polar surface area (TPSA) is 46.9 Å². The lowest BCUT2D eigenvalue weighted by Gasteiger charge is -2.09. The maximum Gasteiger partial charge on any atom is 0.230 e. The third-order valence-corrected chi connectivity index (χ3v) is 4.54. The van der Waals surface area contributed by atoms with Crippen molar-refractivity contribution in [3.8, 4) is 0 Å². The Labute approximate surface area is 122 Å². The van der Waals surface area contributed by atoms with Gasteiger partial charge in [-0.1, -0.05) is 0 Å². The number of anilines is 1. The summed E-state index contributed by atoms with van der Waals surface area (Å²) < 4.78 is 1.94. The van der Waals surface area contributed by atoms with Crippen molar-refractivity contribution < 1.29 is 4.79 Å². The smallest absolute Gasteiger partial charge is 0.230 e. The molecule has 106 valence electrons. The van der Waals surface area contributed by atoms with E-state index in [-0.39, 0.29) is 5.91 Å². The molecule has 1 aliphatic rings. The summed E-state index contributed by atoms with van der Waals surface area (Å²) in [6.45, 7) is 4.96. The van der Waals surface area contributed by atoms with Gasteiger partial charge in [0.15, 0.2) is 0 Å². The molecule has 1 amide bonds. The largest absolute Gasteiger partial charge is 0.310 e. The van der Waals surface area contributed by atoms with E-state index < -0.39 is 0 Å². The summed E-state index contributed by atoms with van der Waals surface area (Å²) in [5, 5.41) is 7.38. The molecule has 4 nitrogen and oxygen atoms in total. The molecule has 0 aromatic carbocycles. The second-order valence-electron chi connectivity index (χ2n) is 5.54. The third kappa shape index (κ3) is 3.10. The fourth-order valence-corrected chi connectivity index (χ4v) is 3.13. The summed E-state index contributed by atoms with van der Waals surface area (Å²) in [5.74, 6) is 1.63. The predicted octanol–water partition coefficient (Wildman–Crippen LogP) is 3.15. The van der Waals surface area contributed by atoms with Crippen LogP contribution in [0, 0.1) is 19.8 Å². The van der Waals surface area contributed by atoms with Gasteiger partial charge in [-0.05, 0) is 44.7 Å². The minimum absolute atomic E-state index is 0.0347. The number of rotatable bonds is 5. The molecule has 2 aromatic heterocycles. The van der Waals surface area contributed by atoms with Gasteiger partial charge in [0, 0.05) is 21.9 Å². The SMILES string of the molecule is Cc1ccc(CC(=O)Nc2c(C)cnn2CC2CC2)s1. The number of amides is 1. The Hall–Kier alpha value is -1.62. The number of aryl methyl sites for hydroxylation is 2. The zero-order chi connectivity index (χ0) is 14.1. The molecule has 0 saturated heterocycles. The molecule has 1 N–H and O–H groups in total. The molecule has 0 bridgehead atoms. The molecule has 3 rings (SSSR count). The molecular formula is C15H19N3OS. The first-order valence-electron chi connectivity index (χ1n) is 6.99. The van der Waals surface area contributed by atoms with Gasteiger partial charge in [-0.3, -0.25) is 4.79 Å². The molecule has 0 atom stereocenters. The normalized spacial score (nSPS) is 14.5. The number of hydrogen-bond donors (Lipinski definition) is 1. The number of nitrogens with one attached hydrogen (secondary N) is 1. The van der Waals surface area contributed by atoms with Gasteiger partial charge in [0.2, 0.25) is 5.91 Å². The van der Waals surface area contributed by atoms with Crippen molar-refractivity contribution in [3.63, 3.8) is 0 Å². The summed E-state index contributed by atoms with van der Waals surface area (Å²) in [6.07, 6.45) is 4.82. The second-order valence-corrected chi connectivity index (χ2v) is 6.91. The molecule has 0 aliphatic heterocycles. The lowest BCUT2D eigenvalue weighted by atomic mass is 10.3. The van der Waals surface area contributed by atoms with E-state index in [1.165, 1.54) is 17.7 Å². The van der Waals surface area contributed by atoms with Crippen molar-refractivity contribution in [3.05, 3.63) is 33.6 Å². The van der Waals surface area contributed by atoms with Crippen molar-refractivity contribution in [2.24, 2.45) is 5.92 Å². The highest BCUT2D eigenvalue weighted by molar-refractivity contribution is 7.12. The van der Waals surface area contributed by atoms with Crippen LogP contribution in [-0.4, -0.2) is 15.7 Å². The van der Waals surface area contributed by atoms with Crippen molar-refractivity contribution in [2.75, 3.05) is 5.32 Å². The predicted molar refractivity (Wildman–Crippen MR) is 81.1 cm³/mol. The van der Waals surface area contributed by atoms with Crippen molar-refractivity contribution in [1.82, 2.24) is 9.78 Å². The average Bonchev–Trinajstić information content (AvgIpc) is 3.04. The molecule has 2 heterocycles. The second kappa shape index (κ2) is 5.40. The van der Waals surface area contributed by atoms with Crippen LogP contribution in [0.25, 0.3) is 0 Å². The van der Waals surface area contributed by atoms with Gasteiger partial charge in [0.1, 0.15) is 5.82 Å². The summed E-state index contributed by atoms with van der Waals surface area (Å²) in [4.78, 5) is 14.5. The monoisotopic (exact) mass is 289 g/mol. The van der Waals surface area contributed by atoms with Crippen LogP contribution < -0.4 is 5.32 Å². The van der Waals surface area contributed by atoms with Gasteiger partial charge in [-0.25, -0.2) is 4.68 Å². The maximum absolute atomic E-state index is 12.1. The standard InChI is InChI=1S/C15H19N3OS/c1-10-8-16-18(9-12-4-5-12)15(10)17-14(19)7-13-6-3-11(2)20-13/h3,6,8,12H,4-5,7,9H2,1-2H3,(H,17,19). The lowest BCUT2D eigenvalue weighted by Crippen LogP contribution is -2.18. The third-order valence-electron chi connectivity index (χ3n) is 3.54. The van der Waals surface area contributed by atoms with Gasteiger partial charge in [0.05, 0.1) is 12.6 Å². The van der Waals surface area contributed by atoms with E-state index in [0.29, 0.717) is 6.42 Å². The maximum atomic E-state index is 12.1. The van der Waals surface area contributed by atoms with E-state index in [2.05, 4.69) is 23.4 Å². The van der Waals surface area contributed by atoms with Crippen LogP contribution in [-0.2, 0) is 17.8 Å². The molecular weight excluding hydrogens is 270 g/mol. The minimum Gasteiger partial charge on any atom is -0.310 e. The van der Waals surface area contributed by atoms with Crippen LogP contribution in [0.15, 0.2) is 18.3 Å². The first kappa shape index (κ1) is 13.4. The Balaban J connectivity index is 1.67. The highest BCUT2D eigenvalue weighted by atomic mass is 32.1. The van der Waals surface area contributed by atoms with E-state index in [1.807, 2.05) is 23.9 Å². The Morgan fingerprint density at radius 2 is 2.25 bits per heavy atom. The minimum atomic E-state index is 0.0347. The molecule has 0 spiro atoms. The Bertz CT molecular complexity index is 625. The van der Waals surface area contributed by atoms with E-state index in [0.717, 1.165) is 28.7 Å². The molecule has 0 radical (unpaired) electrons. The number of carbonyl (C=O) groups excluding carboxylic acids is 1. The van der Waals surface area contributed by atoms with Crippen LogP contribution >= 0.6 is 11.3 Å². The van der Waals surface area contributed by atoms with Gasteiger partial charge in [0.25, 0.3) is 0 Å². The molecule has 1 fully saturated rings. The average molecular weight is 289 g/mol. The Kier molecular flexibility index (Phi) is 3.61. The van der Waals surface area contributed by atoms with E-state index >= 15 is 0 Å². The van der Waals surface area contributed by atoms with Gasteiger partial charge in [-0.15, -0.1) is 11.3 Å². The Morgan fingerprint density at radius 1 is 1.45 bits per heavy atom. The zero-order valence-corrected chi connectivity index (χ0v) is 12.7. The van der Waals surface area contributed by atoms with E-state index in [9.17, 15) is 4.79 Å². The quantitative estimate of drug-likeness (QED) is 0.919. The first-order chi connectivity index (χ1) is 9.61. The van der Waals surface area contributed by atoms with Crippen LogP contribution in [0.2, 0.25) is 0 Å². The molecule has 0 unspecified atom stereocenters. The van der Waals surface area contributed by atoms with E-state index in [4.69, 9.17) is 0 Å². The zero-order valence-electron chi connectivity index (χ0n) is 11.8. The number of hydrogen-bond acceptors (Lipinski definition) is 3. The van der Waals surface area contributed by atoms with Crippen molar-refractivity contribution in [2.45, 2.75) is 39.7 Å². The van der Waals surface area contributed by atoms with E-state index in [1.54, 1.807) is 11.3 Å².